The lowest BCUT2D eigenvalue weighted by molar-refractivity contribution is 0.603. The van der Waals surface area contributed by atoms with Gasteiger partial charge in [-0.1, -0.05) is 0 Å². The molecule has 0 fully saturated rings. The fourth-order valence-electron chi connectivity index (χ4n) is 1.32. The summed E-state index contributed by atoms with van der Waals surface area (Å²) in [5, 5.41) is 10.3. The molecule has 0 saturated heterocycles. The Morgan fingerprint density at radius 2 is 2.17 bits per heavy atom. The third kappa shape index (κ3) is 3.03. The molecule has 0 atom stereocenters. The fourth-order valence-corrected chi connectivity index (χ4v) is 3.68. The summed E-state index contributed by atoms with van der Waals surface area (Å²) in [7, 11) is -1.76. The molecule has 8 heteroatoms. The third-order valence-electron chi connectivity index (χ3n) is 2.06. The Bertz CT molecular complexity index is 610. The second-order valence-electron chi connectivity index (χ2n) is 3.47. The number of rotatable bonds is 5. The van der Waals surface area contributed by atoms with Crippen LogP contribution in [0.15, 0.2) is 34.7 Å². The topological polar surface area (TPSA) is 84.0 Å². The second kappa shape index (κ2) is 5.42. The van der Waals surface area contributed by atoms with Crippen LogP contribution < -0.4 is 10.0 Å². The average molecular weight is 284 g/mol. The van der Waals surface area contributed by atoms with E-state index in [1.165, 1.54) is 17.5 Å². The molecular formula is C10H12N4O2S2. The number of aromatic nitrogens is 2. The van der Waals surface area contributed by atoms with Crippen LogP contribution in [0.4, 0.5) is 5.82 Å². The summed E-state index contributed by atoms with van der Waals surface area (Å²) >= 11 is 1.22. The van der Waals surface area contributed by atoms with E-state index in [0.717, 1.165) is 4.88 Å². The number of nitrogens with one attached hydrogen (secondary N) is 2. The van der Waals surface area contributed by atoms with E-state index in [0.29, 0.717) is 6.54 Å². The molecule has 2 N–H and O–H groups in total. The maximum Gasteiger partial charge on any atom is 0.272 e. The molecule has 0 radical (unpaired) electrons. The lowest BCUT2D eigenvalue weighted by Crippen LogP contribution is -2.12. The molecule has 96 valence electrons. The van der Waals surface area contributed by atoms with Gasteiger partial charge in [-0.05, 0) is 31.3 Å². The highest BCUT2D eigenvalue weighted by Gasteiger charge is 2.17. The van der Waals surface area contributed by atoms with Crippen molar-refractivity contribution in [2.24, 2.45) is 0 Å². The van der Waals surface area contributed by atoms with Gasteiger partial charge in [0.05, 0.1) is 0 Å². The molecule has 0 aliphatic rings. The van der Waals surface area contributed by atoms with Crippen molar-refractivity contribution in [3.05, 3.63) is 35.3 Å². The van der Waals surface area contributed by atoms with E-state index in [4.69, 9.17) is 0 Å². The minimum atomic E-state index is -3.57. The summed E-state index contributed by atoms with van der Waals surface area (Å²) in [5.74, 6) is 0.209. The highest BCUT2D eigenvalue weighted by Crippen LogP contribution is 2.23. The maximum atomic E-state index is 12.0. The van der Waals surface area contributed by atoms with Crippen molar-refractivity contribution in [1.82, 2.24) is 15.5 Å². The molecule has 0 aliphatic heterocycles. The van der Waals surface area contributed by atoms with Crippen LogP contribution in [0.25, 0.3) is 0 Å². The van der Waals surface area contributed by atoms with Crippen LogP contribution in [0.1, 0.15) is 4.88 Å². The maximum absolute atomic E-state index is 12.0. The molecule has 0 aromatic carbocycles. The van der Waals surface area contributed by atoms with Crippen molar-refractivity contribution < 1.29 is 8.42 Å². The van der Waals surface area contributed by atoms with Crippen LogP contribution in [0, 0.1) is 0 Å². The molecule has 2 rings (SSSR count). The Labute approximate surface area is 109 Å². The smallest absolute Gasteiger partial charge is 0.272 e. The van der Waals surface area contributed by atoms with E-state index in [9.17, 15) is 8.42 Å². The first-order valence-electron chi connectivity index (χ1n) is 5.15. The summed E-state index contributed by atoms with van der Waals surface area (Å²) < 4.78 is 26.7. The van der Waals surface area contributed by atoms with Crippen molar-refractivity contribution in [2.75, 3.05) is 11.8 Å². The largest absolute Gasteiger partial charge is 0.315 e. The molecule has 0 aliphatic carbocycles. The fraction of sp³-hybridized carbons (Fsp3) is 0.200. The Kier molecular flexibility index (Phi) is 3.90. The van der Waals surface area contributed by atoms with Crippen LogP contribution >= 0.6 is 11.3 Å². The Hall–Kier alpha value is -1.51. The lowest BCUT2D eigenvalue weighted by Gasteiger charge is -2.03. The molecule has 0 unspecified atom stereocenters. The van der Waals surface area contributed by atoms with Crippen molar-refractivity contribution in [3.8, 4) is 0 Å². The van der Waals surface area contributed by atoms with E-state index in [2.05, 4.69) is 20.2 Å². The van der Waals surface area contributed by atoms with Crippen LogP contribution in [0.3, 0.4) is 0 Å². The number of nitrogens with zero attached hydrogens (tertiary/aromatic N) is 2. The molecule has 2 heterocycles. The van der Waals surface area contributed by atoms with Crippen molar-refractivity contribution in [2.45, 2.75) is 10.8 Å². The summed E-state index contributed by atoms with van der Waals surface area (Å²) in [5.41, 5.74) is 0. The molecule has 2 aromatic rings. The van der Waals surface area contributed by atoms with Gasteiger partial charge in [0.1, 0.15) is 4.21 Å². The minimum absolute atomic E-state index is 0.209. The third-order valence-corrected chi connectivity index (χ3v) is 5.00. The predicted octanol–water partition coefficient (Wildman–Crippen LogP) is 1.06. The second-order valence-corrected chi connectivity index (χ2v) is 6.54. The van der Waals surface area contributed by atoms with Crippen molar-refractivity contribution in [1.29, 1.82) is 0 Å². The van der Waals surface area contributed by atoms with Crippen LogP contribution in [-0.2, 0) is 16.6 Å². The number of sulfonamides is 1. The van der Waals surface area contributed by atoms with Gasteiger partial charge in [0.15, 0.2) is 5.82 Å². The van der Waals surface area contributed by atoms with Crippen molar-refractivity contribution in [3.63, 3.8) is 0 Å². The first kappa shape index (κ1) is 12.9. The van der Waals surface area contributed by atoms with Crippen molar-refractivity contribution >= 4 is 27.2 Å². The molecule has 18 heavy (non-hydrogen) atoms. The number of thiophene rings is 1. The van der Waals surface area contributed by atoms with Gasteiger partial charge >= 0.3 is 0 Å². The molecule has 0 spiro atoms. The monoisotopic (exact) mass is 284 g/mol. The quantitative estimate of drug-likeness (QED) is 0.857. The van der Waals surface area contributed by atoms with Gasteiger partial charge in [0.25, 0.3) is 10.0 Å². The summed E-state index contributed by atoms with van der Waals surface area (Å²) in [4.78, 5) is 0.956. The van der Waals surface area contributed by atoms with Crippen LogP contribution in [-0.4, -0.2) is 25.7 Å². The first-order valence-corrected chi connectivity index (χ1v) is 7.45. The van der Waals surface area contributed by atoms with E-state index in [-0.39, 0.29) is 10.0 Å². The van der Waals surface area contributed by atoms with Gasteiger partial charge in [-0.2, -0.15) is 5.10 Å². The predicted molar refractivity (Wildman–Crippen MR) is 69.9 cm³/mol. The van der Waals surface area contributed by atoms with Crippen LogP contribution in [0.5, 0.6) is 0 Å². The SMILES string of the molecule is CNCc1ccc(S(=O)(=O)Nc2cccnn2)s1. The molecule has 2 aromatic heterocycles. The summed E-state index contributed by atoms with van der Waals surface area (Å²) in [6.45, 7) is 0.644. The van der Waals surface area contributed by atoms with Crippen LogP contribution in [0.2, 0.25) is 0 Å². The van der Waals surface area contributed by atoms with Gasteiger partial charge in [-0.3, -0.25) is 4.72 Å². The zero-order valence-corrected chi connectivity index (χ0v) is 11.3. The average Bonchev–Trinajstić information content (AvgIpc) is 2.80. The molecule has 0 bridgehead atoms. The normalized spacial score (nSPS) is 11.4. The molecular weight excluding hydrogens is 272 g/mol. The first-order chi connectivity index (χ1) is 8.62. The Balaban J connectivity index is 2.20. The lowest BCUT2D eigenvalue weighted by atomic mass is 10.5. The Morgan fingerprint density at radius 1 is 1.33 bits per heavy atom. The van der Waals surface area contributed by atoms with E-state index in [1.54, 1.807) is 24.3 Å². The highest BCUT2D eigenvalue weighted by molar-refractivity contribution is 7.94. The highest BCUT2D eigenvalue weighted by atomic mass is 32.2. The van der Waals surface area contributed by atoms with E-state index < -0.39 is 10.0 Å². The van der Waals surface area contributed by atoms with Gasteiger partial charge < -0.3 is 5.32 Å². The minimum Gasteiger partial charge on any atom is -0.315 e. The zero-order valence-electron chi connectivity index (χ0n) is 9.62. The van der Waals surface area contributed by atoms with E-state index >= 15 is 0 Å². The zero-order chi connectivity index (χ0) is 13.0. The standard InChI is InChI=1S/C10H12N4O2S2/c1-11-7-8-4-5-10(17-8)18(15,16)14-9-3-2-6-12-13-9/h2-6,11H,7H2,1H3,(H,13,14). The Morgan fingerprint density at radius 3 is 2.83 bits per heavy atom. The molecule has 0 saturated carbocycles. The van der Waals surface area contributed by atoms with E-state index in [1.807, 2.05) is 7.05 Å². The van der Waals surface area contributed by atoms with Gasteiger partial charge in [-0.25, -0.2) is 8.42 Å². The summed E-state index contributed by atoms with van der Waals surface area (Å²) in [6.07, 6.45) is 1.48. The summed E-state index contributed by atoms with van der Waals surface area (Å²) in [6, 6.07) is 6.53. The number of hydrogen-bond donors (Lipinski definition) is 2. The van der Waals surface area contributed by atoms with Gasteiger partial charge in [-0.15, -0.1) is 16.4 Å². The number of hydrogen-bond acceptors (Lipinski definition) is 6. The van der Waals surface area contributed by atoms with Gasteiger partial charge in [0, 0.05) is 17.6 Å². The molecule has 6 nitrogen and oxygen atoms in total. The molecule has 0 amide bonds. The van der Waals surface area contributed by atoms with Gasteiger partial charge in [0.2, 0.25) is 0 Å². The number of anilines is 1.